The van der Waals surface area contributed by atoms with Gasteiger partial charge in [0.25, 0.3) is 5.56 Å². The van der Waals surface area contributed by atoms with Crippen molar-refractivity contribution >= 4 is 10.9 Å². The molecule has 0 aliphatic rings. The van der Waals surface area contributed by atoms with Gasteiger partial charge in [-0.25, -0.2) is 0 Å². The van der Waals surface area contributed by atoms with E-state index >= 15 is 0 Å². The molecule has 0 saturated heterocycles. The molecule has 0 saturated carbocycles. The molecule has 27 heavy (non-hydrogen) atoms. The molecular weight excluding hydrogens is 342 g/mol. The summed E-state index contributed by atoms with van der Waals surface area (Å²) in [7, 11) is 3.28. The van der Waals surface area contributed by atoms with Gasteiger partial charge in [0.15, 0.2) is 5.75 Å². The zero-order valence-corrected chi connectivity index (χ0v) is 16.0. The predicted molar refractivity (Wildman–Crippen MR) is 107 cm³/mol. The molecule has 0 N–H and O–H groups in total. The first kappa shape index (κ1) is 18.8. The quantitative estimate of drug-likeness (QED) is 0.557. The molecule has 0 spiro atoms. The lowest BCUT2D eigenvalue weighted by molar-refractivity contribution is 0.280. The van der Waals surface area contributed by atoms with Gasteiger partial charge in [-0.05, 0) is 24.1 Å². The highest BCUT2D eigenvalue weighted by molar-refractivity contribution is 5.89. The van der Waals surface area contributed by atoms with Crippen LogP contribution in [0, 0.1) is 0 Å². The SMILES string of the molecule is CCCCOc1ccc2c(OC)c(OCc3ccccc3)c(=O)n(C)c2c1. The predicted octanol–water partition coefficient (Wildman–Crippen LogP) is 4.31. The Morgan fingerprint density at radius 1 is 1.00 bits per heavy atom. The van der Waals surface area contributed by atoms with E-state index < -0.39 is 0 Å². The highest BCUT2D eigenvalue weighted by atomic mass is 16.5. The Bertz CT molecular complexity index is 963. The molecule has 0 fully saturated rings. The maximum Gasteiger partial charge on any atom is 0.297 e. The van der Waals surface area contributed by atoms with E-state index in [1.807, 2.05) is 48.5 Å². The van der Waals surface area contributed by atoms with Crippen LogP contribution in [0.25, 0.3) is 10.9 Å². The van der Waals surface area contributed by atoms with E-state index in [1.165, 1.54) is 0 Å². The van der Waals surface area contributed by atoms with Gasteiger partial charge in [0.1, 0.15) is 12.4 Å². The zero-order chi connectivity index (χ0) is 19.2. The Labute approximate surface area is 159 Å². The molecule has 0 aliphatic heterocycles. The number of hydrogen-bond donors (Lipinski definition) is 0. The fourth-order valence-electron chi connectivity index (χ4n) is 2.95. The third-order valence-electron chi connectivity index (χ3n) is 4.48. The van der Waals surface area contributed by atoms with Gasteiger partial charge in [-0.2, -0.15) is 0 Å². The van der Waals surface area contributed by atoms with Crippen LogP contribution in [-0.2, 0) is 13.7 Å². The monoisotopic (exact) mass is 367 g/mol. The topological polar surface area (TPSA) is 49.7 Å². The summed E-state index contributed by atoms with van der Waals surface area (Å²) in [5.41, 5.74) is 1.50. The van der Waals surface area contributed by atoms with Gasteiger partial charge in [-0.3, -0.25) is 4.79 Å². The van der Waals surface area contributed by atoms with E-state index in [4.69, 9.17) is 14.2 Å². The molecule has 0 bridgehead atoms. The zero-order valence-electron chi connectivity index (χ0n) is 16.0. The highest BCUT2D eigenvalue weighted by Crippen LogP contribution is 2.34. The van der Waals surface area contributed by atoms with Gasteiger partial charge < -0.3 is 18.8 Å². The first-order valence-electron chi connectivity index (χ1n) is 9.16. The summed E-state index contributed by atoms with van der Waals surface area (Å²) in [6.45, 7) is 3.08. The lowest BCUT2D eigenvalue weighted by Crippen LogP contribution is -2.20. The highest BCUT2D eigenvalue weighted by Gasteiger charge is 2.18. The molecule has 0 aliphatic carbocycles. The minimum Gasteiger partial charge on any atom is -0.494 e. The second-order valence-corrected chi connectivity index (χ2v) is 6.38. The third-order valence-corrected chi connectivity index (χ3v) is 4.48. The van der Waals surface area contributed by atoms with Gasteiger partial charge in [0.05, 0.1) is 19.2 Å². The number of ether oxygens (including phenoxy) is 3. The van der Waals surface area contributed by atoms with Gasteiger partial charge in [-0.1, -0.05) is 43.7 Å². The number of methoxy groups -OCH3 is 1. The third kappa shape index (κ3) is 4.08. The van der Waals surface area contributed by atoms with Crippen molar-refractivity contribution in [1.29, 1.82) is 0 Å². The van der Waals surface area contributed by atoms with E-state index in [0.717, 1.165) is 35.1 Å². The Morgan fingerprint density at radius 2 is 1.78 bits per heavy atom. The van der Waals surface area contributed by atoms with Crippen LogP contribution < -0.4 is 19.8 Å². The number of benzene rings is 2. The van der Waals surface area contributed by atoms with Crippen LogP contribution in [-0.4, -0.2) is 18.3 Å². The van der Waals surface area contributed by atoms with Crippen LogP contribution in [0.15, 0.2) is 53.3 Å². The van der Waals surface area contributed by atoms with Crippen LogP contribution in [0.4, 0.5) is 0 Å². The number of rotatable bonds is 8. The largest absolute Gasteiger partial charge is 0.494 e. The maximum absolute atomic E-state index is 12.9. The van der Waals surface area contributed by atoms with Gasteiger partial charge >= 0.3 is 0 Å². The first-order valence-corrected chi connectivity index (χ1v) is 9.16. The summed E-state index contributed by atoms with van der Waals surface area (Å²) in [5, 5.41) is 0.811. The number of aromatic nitrogens is 1. The van der Waals surface area contributed by atoms with Crippen LogP contribution in [0.1, 0.15) is 25.3 Å². The van der Waals surface area contributed by atoms with Crippen molar-refractivity contribution in [3.8, 4) is 17.2 Å². The molecule has 3 aromatic rings. The summed E-state index contributed by atoms with van der Waals surface area (Å²) in [5.74, 6) is 1.41. The number of hydrogen-bond acceptors (Lipinski definition) is 4. The molecule has 1 aromatic heterocycles. The standard InChI is InChI=1S/C22H25NO4/c1-4-5-13-26-17-11-12-18-19(14-17)23(2)22(24)21(20(18)25-3)27-15-16-9-7-6-8-10-16/h6-12,14H,4-5,13,15H2,1-3H3. The minimum absolute atomic E-state index is 0.219. The average Bonchev–Trinajstić information content (AvgIpc) is 2.70. The lowest BCUT2D eigenvalue weighted by Gasteiger charge is -2.16. The van der Waals surface area contributed by atoms with Crippen LogP contribution >= 0.6 is 0 Å². The van der Waals surface area contributed by atoms with E-state index in [2.05, 4.69) is 6.92 Å². The fraction of sp³-hybridized carbons (Fsp3) is 0.318. The molecule has 0 atom stereocenters. The second kappa shape index (κ2) is 8.62. The molecule has 142 valence electrons. The second-order valence-electron chi connectivity index (χ2n) is 6.38. The summed E-state index contributed by atoms with van der Waals surface area (Å²) in [4.78, 5) is 12.9. The number of pyridine rings is 1. The molecule has 5 heteroatoms. The van der Waals surface area contributed by atoms with Crippen molar-refractivity contribution in [2.24, 2.45) is 7.05 Å². The summed E-state index contributed by atoms with van der Waals surface area (Å²) in [6.07, 6.45) is 2.06. The lowest BCUT2D eigenvalue weighted by atomic mass is 10.1. The molecule has 2 aromatic carbocycles. The number of fused-ring (bicyclic) bond motifs is 1. The maximum atomic E-state index is 12.9. The van der Waals surface area contributed by atoms with Crippen molar-refractivity contribution in [3.05, 3.63) is 64.4 Å². The molecule has 0 amide bonds. The van der Waals surface area contributed by atoms with Crippen molar-refractivity contribution < 1.29 is 14.2 Å². The summed E-state index contributed by atoms with van der Waals surface area (Å²) in [6, 6.07) is 15.4. The average molecular weight is 367 g/mol. The molecule has 0 radical (unpaired) electrons. The summed E-state index contributed by atoms with van der Waals surface area (Å²) >= 11 is 0. The fourth-order valence-corrected chi connectivity index (χ4v) is 2.95. The van der Waals surface area contributed by atoms with Gasteiger partial charge in [0, 0.05) is 18.5 Å². The van der Waals surface area contributed by atoms with Crippen LogP contribution in [0.5, 0.6) is 17.2 Å². The Balaban J connectivity index is 1.98. The number of aryl methyl sites for hydroxylation is 1. The van der Waals surface area contributed by atoms with Crippen LogP contribution in [0.2, 0.25) is 0 Å². The van der Waals surface area contributed by atoms with E-state index in [0.29, 0.717) is 19.0 Å². The van der Waals surface area contributed by atoms with Crippen molar-refractivity contribution in [3.63, 3.8) is 0 Å². The van der Waals surface area contributed by atoms with E-state index in [9.17, 15) is 4.79 Å². The minimum atomic E-state index is -0.235. The van der Waals surface area contributed by atoms with Crippen molar-refractivity contribution in [2.75, 3.05) is 13.7 Å². The number of nitrogens with zero attached hydrogens (tertiary/aromatic N) is 1. The Kier molecular flexibility index (Phi) is 6.01. The van der Waals surface area contributed by atoms with Gasteiger partial charge in [0.2, 0.25) is 5.75 Å². The van der Waals surface area contributed by atoms with Crippen molar-refractivity contribution in [2.45, 2.75) is 26.4 Å². The summed E-state index contributed by atoms with van der Waals surface area (Å²) < 4.78 is 18.7. The molecule has 3 rings (SSSR count). The Hall–Kier alpha value is -2.95. The smallest absolute Gasteiger partial charge is 0.297 e. The molecule has 0 unspecified atom stereocenters. The van der Waals surface area contributed by atoms with E-state index in [1.54, 1.807) is 18.7 Å². The first-order chi connectivity index (χ1) is 13.2. The van der Waals surface area contributed by atoms with Crippen LogP contribution in [0.3, 0.4) is 0 Å². The molecule has 1 heterocycles. The van der Waals surface area contributed by atoms with Gasteiger partial charge in [-0.15, -0.1) is 0 Å². The van der Waals surface area contributed by atoms with Crippen molar-refractivity contribution in [1.82, 2.24) is 4.57 Å². The normalized spacial score (nSPS) is 10.8. The molecule has 5 nitrogen and oxygen atoms in total. The Morgan fingerprint density at radius 3 is 2.48 bits per heavy atom. The molecular formula is C22H25NO4. The van der Waals surface area contributed by atoms with E-state index in [-0.39, 0.29) is 11.3 Å². The number of unbranched alkanes of at least 4 members (excludes halogenated alkanes) is 1.